The number of hydrogen-bond acceptors (Lipinski definition) is 1. The average Bonchev–Trinajstić information content (AvgIpc) is 2.07. The van der Waals surface area contributed by atoms with Gasteiger partial charge in [-0.2, -0.15) is 13.2 Å². The molecule has 0 unspecified atom stereocenters. The van der Waals surface area contributed by atoms with Gasteiger partial charge in [-0.15, -0.1) is 0 Å². The summed E-state index contributed by atoms with van der Waals surface area (Å²) >= 11 is 2.86. The standard InChI is InChI=1S/C9H7BrF5N/c10-5-3-6(11)8(7(12)4-5)16-2-1-9(13,14)15/h3-4,16H,1-2H2. The Kier molecular flexibility index (Phi) is 4.12. The van der Waals surface area contributed by atoms with Gasteiger partial charge in [-0.05, 0) is 12.1 Å². The van der Waals surface area contributed by atoms with E-state index in [0.717, 1.165) is 12.1 Å². The summed E-state index contributed by atoms with van der Waals surface area (Å²) in [4.78, 5) is 0. The summed E-state index contributed by atoms with van der Waals surface area (Å²) < 4.78 is 61.8. The predicted octanol–water partition coefficient (Wildman–Crippen LogP) is 4.09. The monoisotopic (exact) mass is 303 g/mol. The van der Waals surface area contributed by atoms with Gasteiger partial charge in [-0.1, -0.05) is 15.9 Å². The fourth-order valence-corrected chi connectivity index (χ4v) is 1.44. The summed E-state index contributed by atoms with van der Waals surface area (Å²) in [6, 6.07) is 1.94. The lowest BCUT2D eigenvalue weighted by Crippen LogP contribution is -2.15. The normalized spacial score (nSPS) is 11.6. The van der Waals surface area contributed by atoms with E-state index >= 15 is 0 Å². The Morgan fingerprint density at radius 1 is 1.12 bits per heavy atom. The molecule has 1 aromatic rings. The van der Waals surface area contributed by atoms with Crippen LogP contribution in [0, 0.1) is 11.6 Å². The van der Waals surface area contributed by atoms with Crippen molar-refractivity contribution >= 4 is 21.6 Å². The molecule has 0 spiro atoms. The molecular formula is C9H7BrF5N. The number of halogens is 6. The first kappa shape index (κ1) is 13.2. The first-order chi connectivity index (χ1) is 7.29. The Morgan fingerprint density at radius 3 is 2.06 bits per heavy atom. The van der Waals surface area contributed by atoms with E-state index in [4.69, 9.17) is 0 Å². The largest absolute Gasteiger partial charge is 0.390 e. The maximum atomic E-state index is 13.1. The van der Waals surface area contributed by atoms with Crippen molar-refractivity contribution in [3.63, 3.8) is 0 Å². The van der Waals surface area contributed by atoms with Crippen LogP contribution in [0.25, 0.3) is 0 Å². The van der Waals surface area contributed by atoms with Crippen LogP contribution in [0.2, 0.25) is 0 Å². The predicted molar refractivity (Wildman–Crippen MR) is 53.2 cm³/mol. The van der Waals surface area contributed by atoms with Crippen molar-refractivity contribution in [3.8, 4) is 0 Å². The number of hydrogen-bond donors (Lipinski definition) is 1. The van der Waals surface area contributed by atoms with Crippen molar-refractivity contribution in [3.05, 3.63) is 28.2 Å². The molecule has 0 saturated heterocycles. The molecule has 0 radical (unpaired) electrons. The lowest BCUT2D eigenvalue weighted by molar-refractivity contribution is -0.131. The number of benzene rings is 1. The molecule has 0 saturated carbocycles. The van der Waals surface area contributed by atoms with E-state index in [2.05, 4.69) is 21.2 Å². The van der Waals surface area contributed by atoms with Crippen LogP contribution in [0.1, 0.15) is 6.42 Å². The lowest BCUT2D eigenvalue weighted by Gasteiger charge is -2.10. The van der Waals surface area contributed by atoms with Gasteiger partial charge < -0.3 is 5.32 Å². The molecule has 7 heteroatoms. The number of anilines is 1. The highest BCUT2D eigenvalue weighted by molar-refractivity contribution is 9.10. The SMILES string of the molecule is Fc1cc(Br)cc(F)c1NCCC(F)(F)F. The van der Waals surface area contributed by atoms with Gasteiger partial charge in [0.2, 0.25) is 0 Å². The Morgan fingerprint density at radius 2 is 1.62 bits per heavy atom. The Balaban J connectivity index is 2.68. The minimum Gasteiger partial charge on any atom is -0.380 e. The summed E-state index contributed by atoms with van der Waals surface area (Å²) in [5, 5.41) is 2.07. The maximum absolute atomic E-state index is 13.1. The van der Waals surface area contributed by atoms with Crippen LogP contribution < -0.4 is 5.32 Å². The van der Waals surface area contributed by atoms with Crippen molar-refractivity contribution in [2.24, 2.45) is 0 Å². The van der Waals surface area contributed by atoms with Gasteiger partial charge in [0.1, 0.15) is 17.3 Å². The molecule has 1 N–H and O–H groups in total. The van der Waals surface area contributed by atoms with Gasteiger partial charge in [-0.3, -0.25) is 0 Å². The zero-order valence-corrected chi connectivity index (χ0v) is 9.42. The van der Waals surface area contributed by atoms with E-state index in [-0.39, 0.29) is 4.47 Å². The van der Waals surface area contributed by atoms with Gasteiger partial charge in [0.25, 0.3) is 0 Å². The number of nitrogens with one attached hydrogen (secondary N) is 1. The van der Waals surface area contributed by atoms with Crippen LogP contribution in [0.3, 0.4) is 0 Å². The van der Waals surface area contributed by atoms with Crippen molar-refractivity contribution in [2.45, 2.75) is 12.6 Å². The van der Waals surface area contributed by atoms with Crippen LogP contribution >= 0.6 is 15.9 Å². The molecule has 0 aliphatic rings. The number of alkyl halides is 3. The zero-order valence-electron chi connectivity index (χ0n) is 7.84. The molecule has 0 aliphatic carbocycles. The first-order valence-electron chi connectivity index (χ1n) is 4.25. The quantitative estimate of drug-likeness (QED) is 0.829. The van der Waals surface area contributed by atoms with Crippen LogP contribution in [0.5, 0.6) is 0 Å². The van der Waals surface area contributed by atoms with Gasteiger partial charge in [-0.25, -0.2) is 8.78 Å². The molecule has 0 bridgehead atoms. The first-order valence-corrected chi connectivity index (χ1v) is 5.04. The highest BCUT2D eigenvalue weighted by Gasteiger charge is 2.26. The lowest BCUT2D eigenvalue weighted by atomic mass is 10.3. The molecule has 0 atom stereocenters. The second kappa shape index (κ2) is 4.99. The van der Waals surface area contributed by atoms with E-state index in [1.807, 2.05) is 0 Å². The van der Waals surface area contributed by atoms with Crippen molar-refractivity contribution in [1.29, 1.82) is 0 Å². The molecule has 0 amide bonds. The van der Waals surface area contributed by atoms with E-state index in [9.17, 15) is 22.0 Å². The summed E-state index contributed by atoms with van der Waals surface area (Å²) in [6.07, 6.45) is -5.50. The molecule has 0 heterocycles. The topological polar surface area (TPSA) is 12.0 Å². The molecule has 16 heavy (non-hydrogen) atoms. The minimum absolute atomic E-state index is 0.184. The van der Waals surface area contributed by atoms with Gasteiger partial charge in [0, 0.05) is 11.0 Å². The molecule has 1 nitrogen and oxygen atoms in total. The van der Waals surface area contributed by atoms with Gasteiger partial charge in [0.05, 0.1) is 6.42 Å². The fourth-order valence-electron chi connectivity index (χ4n) is 1.04. The Labute approximate surface area is 96.8 Å². The molecule has 90 valence electrons. The smallest absolute Gasteiger partial charge is 0.380 e. The van der Waals surface area contributed by atoms with E-state index in [1.165, 1.54) is 0 Å². The van der Waals surface area contributed by atoms with Crippen LogP contribution in [0.15, 0.2) is 16.6 Å². The third kappa shape index (κ3) is 3.96. The van der Waals surface area contributed by atoms with Crippen molar-refractivity contribution in [2.75, 3.05) is 11.9 Å². The summed E-state index contributed by atoms with van der Waals surface area (Å²) in [5.74, 6) is -1.87. The second-order valence-corrected chi connectivity index (χ2v) is 3.95. The molecule has 0 aliphatic heterocycles. The fraction of sp³-hybridized carbons (Fsp3) is 0.333. The highest BCUT2D eigenvalue weighted by Crippen LogP contribution is 2.25. The Bertz CT molecular complexity index is 354. The second-order valence-electron chi connectivity index (χ2n) is 3.04. The molecule has 1 aromatic carbocycles. The molecule has 1 rings (SSSR count). The molecule has 0 aromatic heterocycles. The molecular weight excluding hydrogens is 297 g/mol. The van der Waals surface area contributed by atoms with E-state index < -0.39 is 36.5 Å². The third-order valence-corrected chi connectivity index (χ3v) is 2.17. The van der Waals surface area contributed by atoms with E-state index in [0.29, 0.717) is 0 Å². The van der Waals surface area contributed by atoms with Crippen molar-refractivity contribution in [1.82, 2.24) is 0 Å². The summed E-state index contributed by atoms with van der Waals surface area (Å²) in [5.41, 5.74) is -0.549. The molecule has 0 fully saturated rings. The highest BCUT2D eigenvalue weighted by atomic mass is 79.9. The Hall–Kier alpha value is -0.850. The summed E-state index contributed by atoms with van der Waals surface area (Å²) in [6.45, 7) is -0.570. The maximum Gasteiger partial charge on any atom is 0.390 e. The van der Waals surface area contributed by atoms with Crippen molar-refractivity contribution < 1.29 is 22.0 Å². The van der Waals surface area contributed by atoms with E-state index in [1.54, 1.807) is 0 Å². The summed E-state index contributed by atoms with van der Waals surface area (Å²) in [7, 11) is 0. The van der Waals surface area contributed by atoms with Gasteiger partial charge >= 0.3 is 6.18 Å². The van der Waals surface area contributed by atoms with Crippen LogP contribution in [-0.4, -0.2) is 12.7 Å². The third-order valence-electron chi connectivity index (χ3n) is 1.72. The average molecular weight is 304 g/mol. The zero-order chi connectivity index (χ0) is 12.3. The van der Waals surface area contributed by atoms with Crippen LogP contribution in [0.4, 0.5) is 27.6 Å². The number of rotatable bonds is 3. The van der Waals surface area contributed by atoms with Crippen LogP contribution in [-0.2, 0) is 0 Å². The minimum atomic E-state index is -4.35. The van der Waals surface area contributed by atoms with Gasteiger partial charge in [0.15, 0.2) is 0 Å².